The van der Waals surface area contributed by atoms with Crippen molar-refractivity contribution in [2.75, 3.05) is 5.32 Å². The number of carbonyl (C=O) groups excluding carboxylic acids is 1. The van der Waals surface area contributed by atoms with Crippen LogP contribution in [-0.4, -0.2) is 22.0 Å². The molecule has 1 amide bonds. The van der Waals surface area contributed by atoms with Crippen LogP contribution < -0.4 is 5.32 Å². The molecule has 31 heavy (non-hydrogen) atoms. The predicted octanol–water partition coefficient (Wildman–Crippen LogP) is 5.19. The van der Waals surface area contributed by atoms with E-state index in [1.807, 2.05) is 30.4 Å². The number of carbonyl (C=O) groups is 2. The van der Waals surface area contributed by atoms with Crippen molar-refractivity contribution in [3.63, 3.8) is 0 Å². The number of anilines is 1. The van der Waals surface area contributed by atoms with E-state index in [-0.39, 0.29) is 23.6 Å². The fourth-order valence-electron chi connectivity index (χ4n) is 4.56. The number of rotatable bonds is 6. The molecule has 4 atom stereocenters. The molecule has 0 unspecified atom stereocenters. The number of nitrogens with one attached hydrogen (secondary N) is 1. The maximum atomic E-state index is 13.3. The number of aromatic nitrogens is 1. The van der Waals surface area contributed by atoms with Gasteiger partial charge in [0.1, 0.15) is 5.82 Å². The first kappa shape index (κ1) is 20.2. The summed E-state index contributed by atoms with van der Waals surface area (Å²) in [5, 5.41) is 12.5. The van der Waals surface area contributed by atoms with Crippen LogP contribution in [0, 0.1) is 29.5 Å². The molecule has 2 bridgehead atoms. The Morgan fingerprint density at radius 1 is 1.16 bits per heavy atom. The van der Waals surface area contributed by atoms with E-state index in [0.717, 1.165) is 26.5 Å². The van der Waals surface area contributed by atoms with Crippen molar-refractivity contribution in [2.45, 2.75) is 16.5 Å². The first-order valence-corrected chi connectivity index (χ1v) is 11.8. The Morgan fingerprint density at radius 2 is 1.97 bits per heavy atom. The van der Waals surface area contributed by atoms with Gasteiger partial charge in [-0.1, -0.05) is 36.0 Å². The maximum absolute atomic E-state index is 13.3. The van der Waals surface area contributed by atoms with Crippen molar-refractivity contribution in [1.29, 1.82) is 0 Å². The van der Waals surface area contributed by atoms with E-state index in [4.69, 9.17) is 0 Å². The summed E-state index contributed by atoms with van der Waals surface area (Å²) in [4.78, 5) is 29.2. The van der Waals surface area contributed by atoms with Gasteiger partial charge in [0.2, 0.25) is 5.91 Å². The predicted molar refractivity (Wildman–Crippen MR) is 120 cm³/mol. The molecule has 0 aliphatic heterocycles. The van der Waals surface area contributed by atoms with Crippen LogP contribution in [0.15, 0.2) is 59.0 Å². The van der Waals surface area contributed by atoms with E-state index in [9.17, 15) is 19.1 Å². The molecule has 1 aromatic heterocycles. The number of allylic oxidation sites excluding steroid dienone is 2. The highest BCUT2D eigenvalue weighted by atomic mass is 32.2. The van der Waals surface area contributed by atoms with Gasteiger partial charge >= 0.3 is 5.97 Å². The zero-order chi connectivity index (χ0) is 21.5. The van der Waals surface area contributed by atoms with Crippen LogP contribution in [0.4, 0.5) is 10.1 Å². The molecule has 1 heterocycles. The number of thioether (sulfide) groups is 1. The van der Waals surface area contributed by atoms with Crippen LogP contribution in [-0.2, 0) is 15.3 Å². The smallest absolute Gasteiger partial charge is 0.307 e. The molecule has 0 spiro atoms. The molecule has 8 heteroatoms. The van der Waals surface area contributed by atoms with Crippen LogP contribution in [0.1, 0.15) is 12.0 Å². The number of nitrogens with zero attached hydrogens (tertiary/aromatic N) is 1. The first-order chi connectivity index (χ1) is 15.0. The van der Waals surface area contributed by atoms with Gasteiger partial charge in [0.15, 0.2) is 4.34 Å². The fourth-order valence-corrected chi connectivity index (χ4v) is 6.61. The standard InChI is InChI=1S/C23H19FN2O3S2/c24-15-3-1-2-12(8-15)11-30-23-26-17-7-6-16(10-18(17)31-23)25-21(27)19-13-4-5-14(9-13)20(19)22(28)29/h1-8,10,13-14,19-20H,9,11H2,(H,25,27)(H,28,29)/t13-,14-,19-,20-/m0/s1. The highest BCUT2D eigenvalue weighted by molar-refractivity contribution is 8.00. The Bertz CT molecular complexity index is 1210. The van der Waals surface area contributed by atoms with Crippen molar-refractivity contribution in [3.05, 3.63) is 66.0 Å². The van der Waals surface area contributed by atoms with Gasteiger partial charge in [0.25, 0.3) is 0 Å². The minimum atomic E-state index is -0.908. The SMILES string of the molecule is O=C(O)[C@@H]1[C@@H](C(=O)Nc2ccc3nc(SCc4cccc(F)c4)sc3c2)[C@H]2C=C[C@H]1C2. The third-order valence-electron chi connectivity index (χ3n) is 5.93. The first-order valence-electron chi connectivity index (χ1n) is 9.98. The molecular weight excluding hydrogens is 435 g/mol. The number of thiazole rings is 1. The summed E-state index contributed by atoms with van der Waals surface area (Å²) in [5.74, 6) is -2.04. The van der Waals surface area contributed by atoms with E-state index < -0.39 is 17.8 Å². The number of benzene rings is 2. The molecule has 1 saturated carbocycles. The number of amides is 1. The zero-order valence-corrected chi connectivity index (χ0v) is 18.0. The second kappa shape index (κ2) is 8.09. The molecule has 2 aliphatic carbocycles. The number of fused-ring (bicyclic) bond motifs is 3. The summed E-state index contributed by atoms with van der Waals surface area (Å²) in [5.41, 5.74) is 2.36. The van der Waals surface area contributed by atoms with Gasteiger partial charge < -0.3 is 10.4 Å². The van der Waals surface area contributed by atoms with Crippen LogP contribution in [0.25, 0.3) is 10.2 Å². The van der Waals surface area contributed by atoms with Crippen LogP contribution in [0.2, 0.25) is 0 Å². The minimum Gasteiger partial charge on any atom is -0.481 e. The van der Waals surface area contributed by atoms with Gasteiger partial charge in [-0.15, -0.1) is 11.3 Å². The van der Waals surface area contributed by atoms with E-state index in [2.05, 4.69) is 10.3 Å². The van der Waals surface area contributed by atoms with Crippen molar-refractivity contribution < 1.29 is 19.1 Å². The number of carboxylic acids is 1. The second-order valence-electron chi connectivity index (χ2n) is 7.91. The van der Waals surface area contributed by atoms with Gasteiger partial charge in [-0.2, -0.15) is 0 Å². The normalized spacial score (nSPS) is 24.0. The molecule has 0 saturated heterocycles. The Morgan fingerprint density at radius 3 is 2.74 bits per heavy atom. The van der Waals surface area contributed by atoms with Gasteiger partial charge in [-0.25, -0.2) is 9.37 Å². The van der Waals surface area contributed by atoms with E-state index in [1.54, 1.807) is 23.9 Å². The molecule has 2 N–H and O–H groups in total. The van der Waals surface area contributed by atoms with Crippen LogP contribution in [0.5, 0.6) is 0 Å². The van der Waals surface area contributed by atoms with Crippen LogP contribution >= 0.6 is 23.1 Å². The molecule has 1 fully saturated rings. The summed E-state index contributed by atoms with van der Waals surface area (Å²) in [7, 11) is 0. The summed E-state index contributed by atoms with van der Waals surface area (Å²) >= 11 is 3.05. The summed E-state index contributed by atoms with van der Waals surface area (Å²) in [6.07, 6.45) is 4.64. The summed E-state index contributed by atoms with van der Waals surface area (Å²) < 4.78 is 15.1. The van der Waals surface area contributed by atoms with Gasteiger partial charge in [0.05, 0.1) is 22.1 Å². The number of hydrogen-bond donors (Lipinski definition) is 2. The largest absolute Gasteiger partial charge is 0.481 e. The second-order valence-corrected chi connectivity index (χ2v) is 10.2. The molecular formula is C23H19FN2O3S2. The zero-order valence-electron chi connectivity index (χ0n) is 16.3. The summed E-state index contributed by atoms with van der Waals surface area (Å²) in [6, 6.07) is 12.0. The topological polar surface area (TPSA) is 79.3 Å². The van der Waals surface area contributed by atoms with Gasteiger partial charge in [-0.3, -0.25) is 9.59 Å². The third-order valence-corrected chi connectivity index (χ3v) is 8.17. The molecule has 2 aromatic carbocycles. The van der Waals surface area contributed by atoms with Crippen molar-refractivity contribution in [2.24, 2.45) is 23.7 Å². The Labute approximate surface area is 186 Å². The summed E-state index contributed by atoms with van der Waals surface area (Å²) in [6.45, 7) is 0. The quantitative estimate of drug-likeness (QED) is 0.396. The van der Waals surface area contributed by atoms with Gasteiger partial charge in [-0.05, 0) is 54.2 Å². The number of hydrogen-bond acceptors (Lipinski definition) is 5. The highest BCUT2D eigenvalue weighted by Crippen LogP contribution is 2.48. The Hall–Kier alpha value is -2.71. The van der Waals surface area contributed by atoms with Crippen molar-refractivity contribution >= 4 is 50.9 Å². The lowest BCUT2D eigenvalue weighted by Crippen LogP contribution is -2.36. The lowest BCUT2D eigenvalue weighted by atomic mass is 9.82. The lowest BCUT2D eigenvalue weighted by Gasteiger charge is -2.23. The molecule has 0 radical (unpaired) electrons. The molecule has 5 rings (SSSR count). The highest BCUT2D eigenvalue weighted by Gasteiger charge is 2.51. The number of carboxylic acid groups (broad SMARTS) is 1. The Kier molecular flexibility index (Phi) is 5.27. The average Bonchev–Trinajstić information content (AvgIpc) is 3.45. The maximum Gasteiger partial charge on any atom is 0.307 e. The monoisotopic (exact) mass is 454 g/mol. The third kappa shape index (κ3) is 3.97. The van der Waals surface area contributed by atoms with Crippen molar-refractivity contribution in [3.8, 4) is 0 Å². The molecule has 2 aliphatic rings. The molecule has 5 nitrogen and oxygen atoms in total. The van der Waals surface area contributed by atoms with Crippen LogP contribution in [0.3, 0.4) is 0 Å². The van der Waals surface area contributed by atoms with E-state index >= 15 is 0 Å². The fraction of sp³-hybridized carbons (Fsp3) is 0.261. The molecule has 158 valence electrons. The average molecular weight is 455 g/mol. The van der Waals surface area contributed by atoms with E-state index in [1.165, 1.54) is 23.5 Å². The van der Waals surface area contributed by atoms with Crippen molar-refractivity contribution in [1.82, 2.24) is 4.98 Å². The minimum absolute atomic E-state index is 0.0101. The van der Waals surface area contributed by atoms with E-state index in [0.29, 0.717) is 11.4 Å². The number of aliphatic carboxylic acids is 1. The Balaban J connectivity index is 1.29. The number of halogens is 1. The lowest BCUT2D eigenvalue weighted by molar-refractivity contribution is -0.146. The van der Waals surface area contributed by atoms with Gasteiger partial charge in [0, 0.05) is 11.4 Å². The molecule has 3 aromatic rings.